The molecule has 0 radical (unpaired) electrons. The van der Waals surface area contributed by atoms with Gasteiger partial charge in [-0.1, -0.05) is 25.1 Å². The van der Waals surface area contributed by atoms with E-state index in [1.807, 2.05) is 48.5 Å². The van der Waals surface area contributed by atoms with Crippen molar-refractivity contribution in [2.45, 2.75) is 26.8 Å². The molecular weight excluding hydrogens is 348 g/mol. The number of carbonyl (C=O) groups is 1. The molecule has 0 unspecified atom stereocenters. The second kappa shape index (κ2) is 7.80. The number of benzene rings is 1. The molecule has 136 valence electrons. The molecule has 0 aliphatic carbocycles. The Labute approximate surface area is 156 Å². The number of hydrogen-bond acceptors (Lipinski definition) is 5. The van der Waals surface area contributed by atoms with Crippen molar-refractivity contribution >= 4 is 27.9 Å². The molecule has 0 aliphatic heterocycles. The molecule has 7 heteroatoms. The third-order valence-corrected chi connectivity index (χ3v) is 5.09. The lowest BCUT2D eigenvalue weighted by Crippen LogP contribution is -2.31. The highest BCUT2D eigenvalue weighted by Crippen LogP contribution is 2.15. The highest BCUT2D eigenvalue weighted by atomic mass is 32.1. The normalized spacial score (nSPS) is 11.2. The number of nitrogens with zero attached hydrogens (tertiary/aromatic N) is 3. The molecule has 2 heterocycles. The van der Waals surface area contributed by atoms with Gasteiger partial charge in [-0.3, -0.25) is 18.9 Å². The summed E-state index contributed by atoms with van der Waals surface area (Å²) in [7, 11) is 1.84. The molecule has 0 spiro atoms. The zero-order valence-corrected chi connectivity index (χ0v) is 16.0. The van der Waals surface area contributed by atoms with Crippen molar-refractivity contribution in [3.05, 3.63) is 63.0 Å². The Bertz CT molecular complexity index is 993. The van der Waals surface area contributed by atoms with Gasteiger partial charge in [-0.05, 0) is 32.0 Å². The Kier molecular flexibility index (Phi) is 5.49. The number of nitrogens with one attached hydrogen (secondary N) is 1. The van der Waals surface area contributed by atoms with Crippen LogP contribution in [-0.2, 0) is 17.8 Å². The standard InChI is InChI=1S/C19H22N4O2S/c1-4-14-7-5-6-8-16(14)21-17(24)11-22(3)10-15-9-18(25)23-13(2)12-26-19(23)20-15/h5-9,12H,4,10-11H2,1-3H3,(H,21,24). The maximum atomic E-state index is 12.3. The van der Waals surface area contributed by atoms with E-state index >= 15 is 0 Å². The average Bonchev–Trinajstić information content (AvgIpc) is 2.96. The Hall–Kier alpha value is -2.51. The predicted octanol–water partition coefficient (Wildman–Crippen LogP) is 2.70. The largest absolute Gasteiger partial charge is 0.325 e. The number of fused-ring (bicyclic) bond motifs is 1. The number of likely N-dealkylation sites (N-methyl/N-ethyl adjacent to an activating group) is 1. The minimum atomic E-state index is -0.0850. The maximum Gasteiger partial charge on any atom is 0.259 e. The topological polar surface area (TPSA) is 66.7 Å². The molecule has 1 aromatic carbocycles. The van der Waals surface area contributed by atoms with Crippen molar-refractivity contribution in [2.24, 2.45) is 0 Å². The van der Waals surface area contributed by atoms with Crippen LogP contribution in [0.15, 0.2) is 40.5 Å². The second-order valence-corrected chi connectivity index (χ2v) is 7.15. The van der Waals surface area contributed by atoms with Gasteiger partial charge >= 0.3 is 0 Å². The number of para-hydroxylation sites is 1. The Morgan fingerprint density at radius 1 is 1.35 bits per heavy atom. The second-order valence-electron chi connectivity index (χ2n) is 6.31. The number of thiazole rings is 1. The van der Waals surface area contributed by atoms with E-state index in [0.717, 1.165) is 23.4 Å². The number of hydrogen-bond donors (Lipinski definition) is 1. The van der Waals surface area contributed by atoms with Crippen molar-refractivity contribution in [1.29, 1.82) is 0 Å². The van der Waals surface area contributed by atoms with Gasteiger partial charge in [-0.25, -0.2) is 4.98 Å². The Morgan fingerprint density at radius 2 is 2.12 bits per heavy atom. The van der Waals surface area contributed by atoms with Crippen LogP contribution < -0.4 is 10.9 Å². The quantitative estimate of drug-likeness (QED) is 0.724. The number of aromatic nitrogens is 2. The van der Waals surface area contributed by atoms with Gasteiger partial charge in [-0.2, -0.15) is 0 Å². The van der Waals surface area contributed by atoms with E-state index in [1.54, 1.807) is 4.40 Å². The summed E-state index contributed by atoms with van der Waals surface area (Å²) < 4.78 is 1.60. The lowest BCUT2D eigenvalue weighted by Gasteiger charge is -2.16. The summed E-state index contributed by atoms with van der Waals surface area (Å²) in [5.74, 6) is -0.0850. The van der Waals surface area contributed by atoms with Crippen molar-refractivity contribution < 1.29 is 4.79 Å². The van der Waals surface area contributed by atoms with Gasteiger partial charge in [0.1, 0.15) is 0 Å². The van der Waals surface area contributed by atoms with Crippen LogP contribution in [0.1, 0.15) is 23.9 Å². The van der Waals surface area contributed by atoms with Crippen molar-refractivity contribution in [3.8, 4) is 0 Å². The molecule has 2 aromatic heterocycles. The third kappa shape index (κ3) is 4.00. The van der Waals surface area contributed by atoms with Crippen LogP contribution in [0.25, 0.3) is 4.96 Å². The van der Waals surface area contributed by atoms with E-state index in [1.165, 1.54) is 17.4 Å². The predicted molar refractivity (Wildman–Crippen MR) is 105 cm³/mol. The Morgan fingerprint density at radius 3 is 2.88 bits per heavy atom. The molecule has 0 atom stereocenters. The molecular formula is C19H22N4O2S. The van der Waals surface area contributed by atoms with Crippen LogP contribution in [0.3, 0.4) is 0 Å². The van der Waals surface area contributed by atoms with Gasteiger partial charge in [0.2, 0.25) is 5.91 Å². The number of amides is 1. The number of rotatable bonds is 6. The minimum Gasteiger partial charge on any atom is -0.325 e. The molecule has 0 bridgehead atoms. The fourth-order valence-corrected chi connectivity index (χ4v) is 3.79. The average molecular weight is 370 g/mol. The fraction of sp³-hybridized carbons (Fsp3) is 0.316. The molecule has 1 N–H and O–H groups in total. The molecule has 26 heavy (non-hydrogen) atoms. The zero-order valence-electron chi connectivity index (χ0n) is 15.2. The van der Waals surface area contributed by atoms with Gasteiger partial charge in [-0.15, -0.1) is 11.3 Å². The number of aryl methyl sites for hydroxylation is 2. The molecule has 3 rings (SSSR count). The van der Waals surface area contributed by atoms with Crippen molar-refractivity contribution in [3.63, 3.8) is 0 Å². The number of carbonyl (C=O) groups excluding carboxylic acids is 1. The van der Waals surface area contributed by atoms with Crippen LogP contribution in [-0.4, -0.2) is 33.8 Å². The lowest BCUT2D eigenvalue weighted by molar-refractivity contribution is -0.117. The molecule has 6 nitrogen and oxygen atoms in total. The summed E-state index contributed by atoms with van der Waals surface area (Å²) in [4.78, 5) is 31.6. The molecule has 0 saturated carbocycles. The van der Waals surface area contributed by atoms with Crippen molar-refractivity contribution in [1.82, 2.24) is 14.3 Å². The fourth-order valence-electron chi connectivity index (χ4n) is 2.90. The van der Waals surface area contributed by atoms with Gasteiger partial charge in [0, 0.05) is 29.4 Å². The van der Waals surface area contributed by atoms with Crippen LogP contribution in [0, 0.1) is 6.92 Å². The van der Waals surface area contributed by atoms with E-state index in [4.69, 9.17) is 0 Å². The first kappa shape index (κ1) is 18.3. The molecule has 0 saturated heterocycles. The first-order chi connectivity index (χ1) is 12.5. The van der Waals surface area contributed by atoms with Gasteiger partial charge < -0.3 is 5.32 Å². The van der Waals surface area contributed by atoms with Crippen LogP contribution in [0.5, 0.6) is 0 Å². The zero-order chi connectivity index (χ0) is 18.7. The van der Waals surface area contributed by atoms with Crippen LogP contribution >= 0.6 is 11.3 Å². The Balaban J connectivity index is 1.66. The molecule has 1 amide bonds. The van der Waals surface area contributed by atoms with E-state index in [2.05, 4.69) is 17.2 Å². The highest BCUT2D eigenvalue weighted by Gasteiger charge is 2.12. The summed E-state index contributed by atoms with van der Waals surface area (Å²) in [5, 5.41) is 4.87. The van der Waals surface area contributed by atoms with Crippen molar-refractivity contribution in [2.75, 3.05) is 18.9 Å². The van der Waals surface area contributed by atoms with Gasteiger partial charge in [0.05, 0.1) is 12.2 Å². The maximum absolute atomic E-state index is 12.3. The lowest BCUT2D eigenvalue weighted by atomic mass is 10.1. The first-order valence-corrected chi connectivity index (χ1v) is 9.39. The smallest absolute Gasteiger partial charge is 0.259 e. The summed E-state index contributed by atoms with van der Waals surface area (Å²) in [5.41, 5.74) is 3.42. The van der Waals surface area contributed by atoms with E-state index in [-0.39, 0.29) is 18.0 Å². The van der Waals surface area contributed by atoms with Crippen LogP contribution in [0.2, 0.25) is 0 Å². The van der Waals surface area contributed by atoms with Crippen LogP contribution in [0.4, 0.5) is 5.69 Å². The first-order valence-electron chi connectivity index (χ1n) is 8.51. The SMILES string of the molecule is CCc1ccccc1NC(=O)CN(C)Cc1cc(=O)n2c(C)csc2n1. The van der Waals surface area contributed by atoms with E-state index in [0.29, 0.717) is 17.2 Å². The van der Waals surface area contributed by atoms with Gasteiger partial charge in [0.15, 0.2) is 4.96 Å². The van der Waals surface area contributed by atoms with E-state index < -0.39 is 0 Å². The molecule has 3 aromatic rings. The minimum absolute atomic E-state index is 0.0847. The molecule has 0 aliphatic rings. The third-order valence-electron chi connectivity index (χ3n) is 4.15. The number of anilines is 1. The van der Waals surface area contributed by atoms with E-state index in [9.17, 15) is 9.59 Å². The highest BCUT2D eigenvalue weighted by molar-refractivity contribution is 7.15. The van der Waals surface area contributed by atoms with Gasteiger partial charge in [0.25, 0.3) is 5.56 Å². The summed E-state index contributed by atoms with van der Waals surface area (Å²) in [6.45, 7) is 4.61. The summed E-state index contributed by atoms with van der Waals surface area (Å²) in [6.07, 6.45) is 0.862. The summed E-state index contributed by atoms with van der Waals surface area (Å²) >= 11 is 1.44. The summed E-state index contributed by atoms with van der Waals surface area (Å²) in [6, 6.07) is 9.33. The monoisotopic (exact) mass is 370 g/mol. The molecule has 0 fully saturated rings.